The van der Waals surface area contributed by atoms with Crippen LogP contribution in [0.5, 0.6) is 5.75 Å². The third-order valence-corrected chi connectivity index (χ3v) is 4.66. The molecule has 0 spiro atoms. The first-order valence-corrected chi connectivity index (χ1v) is 10.1. The van der Waals surface area contributed by atoms with Gasteiger partial charge < -0.3 is 14.8 Å². The summed E-state index contributed by atoms with van der Waals surface area (Å²) < 4.78 is 31.9. The fourth-order valence-electron chi connectivity index (χ4n) is 3.23. The highest BCUT2D eigenvalue weighted by molar-refractivity contribution is 5.96. The third kappa shape index (κ3) is 5.20. The molecule has 0 aliphatic rings. The maximum absolute atomic E-state index is 13.4. The number of nitrogens with one attached hydrogen (secondary N) is 1. The number of carboxylic acids is 1. The Morgan fingerprint density at radius 1 is 1.09 bits per heavy atom. The number of hydrogen-bond acceptors (Lipinski definition) is 5. The van der Waals surface area contributed by atoms with Crippen molar-refractivity contribution in [1.29, 1.82) is 0 Å². The van der Waals surface area contributed by atoms with E-state index in [0.717, 1.165) is 6.07 Å². The monoisotopic (exact) mass is 453 g/mol. The van der Waals surface area contributed by atoms with Crippen LogP contribution >= 0.6 is 0 Å². The molecule has 0 unspecified atom stereocenters. The number of nitrogens with zero attached hydrogens (tertiary/aromatic N) is 2. The zero-order chi connectivity index (χ0) is 24.1. The minimum atomic E-state index is -1.20. The third-order valence-electron chi connectivity index (χ3n) is 4.66. The second-order valence-corrected chi connectivity index (χ2v) is 6.77. The Morgan fingerprint density at radius 2 is 1.79 bits per heavy atom. The molecule has 0 atom stereocenters. The molecule has 4 rings (SSSR count). The fourth-order valence-corrected chi connectivity index (χ4v) is 3.23. The Morgan fingerprint density at radius 3 is 2.36 bits per heavy atom. The summed E-state index contributed by atoms with van der Waals surface area (Å²) in [5, 5.41) is 9.54. The predicted molar refractivity (Wildman–Crippen MR) is 120 cm³/mol. The summed E-state index contributed by atoms with van der Waals surface area (Å²) in [6.45, 7) is 4.00. The maximum atomic E-state index is 13.4. The van der Waals surface area contributed by atoms with Crippen LogP contribution in [-0.4, -0.2) is 33.1 Å². The molecule has 2 heterocycles. The molecule has 7 nitrogen and oxygen atoms in total. The van der Waals surface area contributed by atoms with E-state index in [-0.39, 0.29) is 28.6 Å². The van der Waals surface area contributed by atoms with Gasteiger partial charge in [0.1, 0.15) is 28.8 Å². The molecule has 0 radical (unpaired) electrons. The number of carbonyl (C=O) groups is 1. The molecule has 0 bridgehead atoms. The van der Waals surface area contributed by atoms with Crippen molar-refractivity contribution in [3.05, 3.63) is 87.6 Å². The minimum Gasteiger partial charge on any atom is -0.496 e. The lowest BCUT2D eigenvalue weighted by atomic mass is 10.1. The summed E-state index contributed by atoms with van der Waals surface area (Å²) in [5.74, 6) is -2.22. The maximum Gasteiger partial charge on any atom is 0.339 e. The highest BCUT2D eigenvalue weighted by atomic mass is 19.1. The van der Waals surface area contributed by atoms with Gasteiger partial charge in [0.25, 0.3) is 5.56 Å². The summed E-state index contributed by atoms with van der Waals surface area (Å²) in [7, 11) is 1.32. The highest BCUT2D eigenvalue weighted by Crippen LogP contribution is 2.24. The van der Waals surface area contributed by atoms with E-state index >= 15 is 0 Å². The molecule has 33 heavy (non-hydrogen) atoms. The second-order valence-electron chi connectivity index (χ2n) is 6.77. The number of aromatic carboxylic acids is 1. The van der Waals surface area contributed by atoms with Gasteiger partial charge in [-0.05, 0) is 35.9 Å². The van der Waals surface area contributed by atoms with Crippen molar-refractivity contribution in [1.82, 2.24) is 15.0 Å². The van der Waals surface area contributed by atoms with Crippen LogP contribution < -0.4 is 10.3 Å². The second kappa shape index (κ2) is 9.99. The standard InChI is InChI=1S/C22H15F2N3O4.C2H6/c1-31-19-9-15-18(8-16(19)22(29)30)26-20(27-21(15)28)4-11-2-3-17(25-10-11)12-5-13(23)7-14(24)6-12;1-2/h2-3,5-10H,4H2,1H3,(H,29,30)(H,26,27,28);1-2H3. The van der Waals surface area contributed by atoms with Gasteiger partial charge in [0.2, 0.25) is 0 Å². The van der Waals surface area contributed by atoms with Gasteiger partial charge in [-0.1, -0.05) is 19.9 Å². The van der Waals surface area contributed by atoms with Crippen LogP contribution in [0.3, 0.4) is 0 Å². The first-order chi connectivity index (χ1) is 15.8. The number of hydrogen-bond donors (Lipinski definition) is 2. The number of aromatic amines is 1. The van der Waals surface area contributed by atoms with Gasteiger partial charge in [-0.2, -0.15) is 0 Å². The average Bonchev–Trinajstić information content (AvgIpc) is 2.79. The van der Waals surface area contributed by atoms with Crippen molar-refractivity contribution >= 4 is 16.9 Å². The topological polar surface area (TPSA) is 105 Å². The van der Waals surface area contributed by atoms with E-state index < -0.39 is 23.2 Å². The van der Waals surface area contributed by atoms with Gasteiger partial charge in [0, 0.05) is 24.2 Å². The number of methoxy groups -OCH3 is 1. The van der Waals surface area contributed by atoms with Crippen LogP contribution in [0.4, 0.5) is 8.78 Å². The van der Waals surface area contributed by atoms with Crippen LogP contribution in [-0.2, 0) is 6.42 Å². The van der Waals surface area contributed by atoms with Crippen molar-refractivity contribution in [2.24, 2.45) is 0 Å². The number of aromatic nitrogens is 3. The van der Waals surface area contributed by atoms with E-state index in [9.17, 15) is 23.5 Å². The normalized spacial score (nSPS) is 10.5. The Kier molecular flexibility index (Phi) is 7.12. The molecule has 0 saturated carbocycles. The summed E-state index contributed by atoms with van der Waals surface area (Å²) in [6, 6.07) is 9.08. The molecule has 0 aliphatic heterocycles. The SMILES string of the molecule is CC.COc1cc2c(=O)[nH]c(Cc3ccc(-c4cc(F)cc(F)c4)nc3)nc2cc1C(=O)O. The first-order valence-electron chi connectivity index (χ1n) is 10.1. The molecule has 0 aliphatic carbocycles. The summed E-state index contributed by atoms with van der Waals surface area (Å²) in [5.41, 5.74) is 1.06. The van der Waals surface area contributed by atoms with E-state index in [1.165, 1.54) is 37.6 Å². The van der Waals surface area contributed by atoms with Crippen LogP contribution in [0, 0.1) is 11.6 Å². The van der Waals surface area contributed by atoms with Crippen LogP contribution in [0.25, 0.3) is 22.2 Å². The Hall–Kier alpha value is -4.14. The zero-order valence-electron chi connectivity index (χ0n) is 18.1. The molecular formula is C24H21F2N3O4. The van der Waals surface area contributed by atoms with E-state index in [4.69, 9.17) is 4.74 Å². The van der Waals surface area contributed by atoms with Crippen molar-refractivity contribution in [2.45, 2.75) is 20.3 Å². The quantitative estimate of drug-likeness (QED) is 0.458. The molecule has 2 aromatic heterocycles. The van der Waals surface area contributed by atoms with Gasteiger partial charge >= 0.3 is 5.97 Å². The van der Waals surface area contributed by atoms with Gasteiger partial charge in [0.05, 0.1) is 23.7 Å². The van der Waals surface area contributed by atoms with Gasteiger partial charge in [-0.15, -0.1) is 0 Å². The predicted octanol–water partition coefficient (Wildman–Crippen LogP) is 4.59. The Bertz CT molecular complexity index is 1350. The smallest absolute Gasteiger partial charge is 0.339 e. The summed E-state index contributed by atoms with van der Waals surface area (Å²) >= 11 is 0. The largest absolute Gasteiger partial charge is 0.496 e. The van der Waals surface area contributed by atoms with E-state index in [1.54, 1.807) is 12.1 Å². The Balaban J connectivity index is 0.00000149. The van der Waals surface area contributed by atoms with E-state index in [2.05, 4.69) is 15.0 Å². The molecule has 4 aromatic rings. The van der Waals surface area contributed by atoms with Crippen molar-refractivity contribution in [3.63, 3.8) is 0 Å². The number of ether oxygens (including phenoxy) is 1. The van der Waals surface area contributed by atoms with Crippen LogP contribution in [0.15, 0.2) is 53.5 Å². The lowest BCUT2D eigenvalue weighted by molar-refractivity contribution is 0.0693. The molecule has 0 fully saturated rings. The number of carboxylic acid groups (broad SMARTS) is 1. The van der Waals surface area contributed by atoms with Gasteiger partial charge in [-0.25, -0.2) is 18.6 Å². The molecule has 2 aromatic carbocycles. The van der Waals surface area contributed by atoms with Crippen molar-refractivity contribution in [2.75, 3.05) is 7.11 Å². The van der Waals surface area contributed by atoms with E-state index in [1.807, 2.05) is 13.8 Å². The molecule has 2 N–H and O–H groups in total. The first kappa shape index (κ1) is 23.5. The zero-order valence-corrected chi connectivity index (χ0v) is 18.1. The van der Waals surface area contributed by atoms with Crippen molar-refractivity contribution in [3.8, 4) is 17.0 Å². The molecule has 0 saturated heterocycles. The van der Waals surface area contributed by atoms with Crippen LogP contribution in [0.1, 0.15) is 35.6 Å². The number of rotatable bonds is 5. The van der Waals surface area contributed by atoms with Gasteiger partial charge in [0.15, 0.2) is 0 Å². The van der Waals surface area contributed by atoms with E-state index in [0.29, 0.717) is 22.6 Å². The molecular weight excluding hydrogens is 432 g/mol. The number of halogens is 2. The van der Waals surface area contributed by atoms with Crippen LogP contribution in [0.2, 0.25) is 0 Å². The number of pyridine rings is 1. The fraction of sp³-hybridized carbons (Fsp3) is 0.167. The summed E-state index contributed by atoms with van der Waals surface area (Å²) in [4.78, 5) is 35.1. The molecule has 9 heteroatoms. The minimum absolute atomic E-state index is 0.0635. The Labute approximate surface area is 187 Å². The van der Waals surface area contributed by atoms with Gasteiger partial charge in [-0.3, -0.25) is 9.78 Å². The van der Waals surface area contributed by atoms with Crippen molar-refractivity contribution < 1.29 is 23.4 Å². The molecule has 170 valence electrons. The number of benzene rings is 2. The number of fused-ring (bicyclic) bond motifs is 1. The summed E-state index contributed by atoms with van der Waals surface area (Å²) in [6.07, 6.45) is 1.73. The highest BCUT2D eigenvalue weighted by Gasteiger charge is 2.15. The average molecular weight is 453 g/mol. The lowest BCUT2D eigenvalue weighted by Gasteiger charge is -2.08. The lowest BCUT2D eigenvalue weighted by Crippen LogP contribution is -2.13. The molecule has 0 amide bonds. The number of H-pyrrole nitrogens is 1.